The Balaban J connectivity index is 1.15. The van der Waals surface area contributed by atoms with E-state index in [2.05, 4.69) is 63.2 Å². The van der Waals surface area contributed by atoms with Crippen LogP contribution < -0.4 is 20.7 Å². The smallest absolute Gasteiger partial charge is 0.488 e. The number of imide groups is 1. The van der Waals surface area contributed by atoms with Crippen LogP contribution in [-0.2, 0) is 18.7 Å². The highest BCUT2D eigenvalue weighted by atomic mass is 28.4. The van der Waals surface area contributed by atoms with Crippen LogP contribution in [0, 0.1) is 17.8 Å². The normalized spacial score (nSPS) is 20.3. The molecule has 2 aliphatic heterocycles. The van der Waals surface area contributed by atoms with Gasteiger partial charge in [0.15, 0.2) is 0 Å². The molecule has 2 saturated heterocycles. The molecule has 12 heteroatoms. The SMILES string of the molecule is CC(C)(C)[Si](OCC1=C2[C@@H](CC/C(=C/c3ccc(O)c4ccccc34)c3ccccc3)OB(O)C[C@@H]2[C@@H]2C(=O)N(c3cccc(B(O)O)c3)C(=O)[C@@H]2C1)(c1ccccc1)c1ccccc1. The number of carbonyl (C=O) groups is 2. The minimum atomic E-state index is -3.08. The van der Waals surface area contributed by atoms with E-state index in [1.807, 2.05) is 84.9 Å². The predicted molar refractivity (Wildman–Crippen MR) is 261 cm³/mol. The number of phenolic OH excluding ortho intramolecular Hbond substituents is 1. The first kappa shape index (κ1) is 44.4. The molecule has 0 spiro atoms. The van der Waals surface area contributed by atoms with E-state index >= 15 is 0 Å². The number of carbonyl (C=O) groups excluding carboxylic acids is 2. The van der Waals surface area contributed by atoms with E-state index in [4.69, 9.17) is 9.08 Å². The summed E-state index contributed by atoms with van der Waals surface area (Å²) >= 11 is 0. The largest absolute Gasteiger partial charge is 0.507 e. The van der Waals surface area contributed by atoms with Gasteiger partial charge in [-0.1, -0.05) is 160 Å². The third kappa shape index (κ3) is 8.35. The average molecular weight is 882 g/mol. The maximum absolute atomic E-state index is 14.8. The minimum Gasteiger partial charge on any atom is -0.507 e. The summed E-state index contributed by atoms with van der Waals surface area (Å²) in [5.74, 6) is -2.56. The van der Waals surface area contributed by atoms with Crippen LogP contribution in [0.3, 0.4) is 0 Å². The van der Waals surface area contributed by atoms with Crippen LogP contribution in [-0.4, -0.2) is 67.3 Å². The second-order valence-corrected chi connectivity index (χ2v) is 22.8. The monoisotopic (exact) mass is 881 g/mol. The van der Waals surface area contributed by atoms with Crippen LogP contribution in [0.1, 0.15) is 51.2 Å². The number of aromatic hydroxyl groups is 1. The Kier molecular flexibility index (Phi) is 12.4. The Morgan fingerprint density at radius 3 is 2.08 bits per heavy atom. The highest BCUT2D eigenvalue weighted by molar-refractivity contribution is 6.99. The van der Waals surface area contributed by atoms with Crippen molar-refractivity contribution < 1.29 is 38.8 Å². The van der Waals surface area contributed by atoms with Gasteiger partial charge in [0.05, 0.1) is 30.2 Å². The molecule has 4 N–H and O–H groups in total. The number of benzene rings is 6. The second-order valence-electron chi connectivity index (χ2n) is 18.5. The van der Waals surface area contributed by atoms with Crippen LogP contribution in [0.25, 0.3) is 22.4 Å². The molecule has 0 radical (unpaired) electrons. The Bertz CT molecular complexity index is 2740. The number of hydrogen-bond donors (Lipinski definition) is 4. The average Bonchev–Trinajstić information content (AvgIpc) is 3.57. The molecule has 2 amide bonds. The lowest BCUT2D eigenvalue weighted by Crippen LogP contribution is -2.66. The number of fused-ring (bicyclic) bond motifs is 4. The van der Waals surface area contributed by atoms with Gasteiger partial charge in [0.1, 0.15) is 5.75 Å². The van der Waals surface area contributed by atoms with Crippen molar-refractivity contribution in [3.05, 3.63) is 174 Å². The van der Waals surface area contributed by atoms with Crippen LogP contribution in [0.5, 0.6) is 5.75 Å². The first-order valence-corrected chi connectivity index (χ1v) is 24.4. The van der Waals surface area contributed by atoms with Gasteiger partial charge in [-0.2, -0.15) is 0 Å². The zero-order valence-electron chi connectivity index (χ0n) is 36.9. The van der Waals surface area contributed by atoms with Gasteiger partial charge in [0, 0.05) is 5.39 Å². The van der Waals surface area contributed by atoms with E-state index in [1.165, 1.54) is 17.0 Å². The number of rotatable bonds is 12. The molecule has 9 nitrogen and oxygen atoms in total. The van der Waals surface area contributed by atoms with Crippen LogP contribution >= 0.6 is 0 Å². The molecule has 6 aromatic rings. The fourth-order valence-corrected chi connectivity index (χ4v) is 15.3. The van der Waals surface area contributed by atoms with Crippen molar-refractivity contribution in [3.63, 3.8) is 0 Å². The number of hydrogen-bond acceptors (Lipinski definition) is 8. The van der Waals surface area contributed by atoms with Gasteiger partial charge < -0.3 is 29.3 Å². The van der Waals surface area contributed by atoms with Crippen molar-refractivity contribution in [1.82, 2.24) is 0 Å². The first-order valence-electron chi connectivity index (χ1n) is 22.5. The number of amides is 2. The highest BCUT2D eigenvalue weighted by Gasteiger charge is 2.58. The lowest BCUT2D eigenvalue weighted by atomic mass is 9.58. The third-order valence-corrected chi connectivity index (χ3v) is 18.7. The van der Waals surface area contributed by atoms with Crippen molar-refractivity contribution in [2.24, 2.45) is 17.8 Å². The lowest BCUT2D eigenvalue weighted by Gasteiger charge is -2.46. The van der Waals surface area contributed by atoms with Crippen LogP contribution in [0.2, 0.25) is 11.4 Å². The summed E-state index contributed by atoms with van der Waals surface area (Å²) in [5.41, 5.74) is 5.25. The van der Waals surface area contributed by atoms with Gasteiger partial charge in [0.2, 0.25) is 11.8 Å². The summed E-state index contributed by atoms with van der Waals surface area (Å²) in [6.45, 7) is 6.86. The maximum Gasteiger partial charge on any atom is 0.488 e. The molecule has 9 rings (SSSR count). The van der Waals surface area contributed by atoms with Gasteiger partial charge in [-0.05, 0) is 104 Å². The van der Waals surface area contributed by atoms with E-state index in [0.29, 0.717) is 12.8 Å². The first-order chi connectivity index (χ1) is 31.4. The zero-order valence-corrected chi connectivity index (χ0v) is 37.9. The second kappa shape index (κ2) is 18.2. The molecule has 0 unspecified atom stereocenters. The van der Waals surface area contributed by atoms with Crippen molar-refractivity contribution in [3.8, 4) is 5.75 Å². The van der Waals surface area contributed by atoms with E-state index in [1.54, 1.807) is 18.2 Å². The summed E-state index contributed by atoms with van der Waals surface area (Å²) in [6, 6.07) is 48.6. The van der Waals surface area contributed by atoms with Gasteiger partial charge in [0.25, 0.3) is 8.32 Å². The van der Waals surface area contributed by atoms with Gasteiger partial charge >= 0.3 is 14.2 Å². The molecular formula is C53H53B2NO8Si. The summed E-state index contributed by atoms with van der Waals surface area (Å²) in [6.07, 6.45) is 2.92. The Morgan fingerprint density at radius 1 is 0.800 bits per heavy atom. The molecular weight excluding hydrogens is 828 g/mol. The van der Waals surface area contributed by atoms with E-state index < -0.39 is 46.4 Å². The van der Waals surface area contributed by atoms with Gasteiger partial charge in [-0.3, -0.25) is 14.5 Å². The van der Waals surface area contributed by atoms with Crippen molar-refractivity contribution >= 4 is 78.3 Å². The molecule has 65 heavy (non-hydrogen) atoms. The summed E-state index contributed by atoms with van der Waals surface area (Å²) in [4.78, 5) is 30.7. The minimum absolute atomic E-state index is 0.124. The molecule has 1 aliphatic carbocycles. The predicted octanol–water partition coefficient (Wildman–Crippen LogP) is 7.12. The Labute approximate surface area is 382 Å². The molecule has 0 aromatic heterocycles. The fourth-order valence-electron chi connectivity index (χ4n) is 10.8. The quantitative estimate of drug-likeness (QED) is 0.0442. The fraction of sp³-hybridized carbons (Fsp3) is 0.245. The summed E-state index contributed by atoms with van der Waals surface area (Å²) < 4.78 is 14.2. The van der Waals surface area contributed by atoms with Crippen molar-refractivity contribution in [2.75, 3.05) is 11.5 Å². The van der Waals surface area contributed by atoms with Gasteiger partial charge in [-0.15, -0.1) is 0 Å². The molecule has 328 valence electrons. The van der Waals surface area contributed by atoms with Crippen LogP contribution in [0.15, 0.2) is 163 Å². The van der Waals surface area contributed by atoms with E-state index in [0.717, 1.165) is 49.0 Å². The Hall–Kier alpha value is -5.85. The van der Waals surface area contributed by atoms with Crippen molar-refractivity contribution in [2.45, 2.75) is 57.5 Å². The topological polar surface area (TPSA) is 137 Å². The molecule has 4 atom stereocenters. The Morgan fingerprint density at radius 2 is 1.43 bits per heavy atom. The van der Waals surface area contributed by atoms with Gasteiger partial charge in [-0.25, -0.2) is 0 Å². The number of phenols is 1. The standard InChI is InChI=1S/C53H53B2NO8Si/c1-53(2,3)65(41-20-9-5-10-21-41,42-22-11-6-12-23-42)63-34-38-31-45-50(52(59)56(51(45)58)40-19-15-18-39(32-40)55(61)62)46-33-54(60)64-48(49(38)46)29-27-36(35-16-7-4-8-17-35)30-37-26-28-47(57)44-25-14-13-24-43(37)44/h4-26,28,30,32,45-46,48,50,57,60-62H,27,29,31,33-34H2,1-3H3/b36-30-/t45-,46+,48-,50-/m1/s1. The molecule has 2 fully saturated rings. The van der Waals surface area contributed by atoms with Crippen molar-refractivity contribution in [1.29, 1.82) is 0 Å². The lowest BCUT2D eigenvalue weighted by molar-refractivity contribution is -0.122. The molecule has 2 heterocycles. The molecule has 6 aromatic carbocycles. The number of anilines is 1. The van der Waals surface area contributed by atoms with E-state index in [-0.39, 0.29) is 53.1 Å². The maximum atomic E-state index is 14.8. The summed E-state index contributed by atoms with van der Waals surface area (Å²) in [7, 11) is -6.06. The molecule has 0 bridgehead atoms. The third-order valence-electron chi connectivity index (χ3n) is 13.7. The highest BCUT2D eigenvalue weighted by Crippen LogP contribution is 2.52. The number of nitrogens with zero attached hydrogens (tertiary/aromatic N) is 1. The van der Waals surface area contributed by atoms with Crippen LogP contribution in [0.4, 0.5) is 5.69 Å². The van der Waals surface area contributed by atoms with E-state index in [9.17, 15) is 29.8 Å². The summed E-state index contributed by atoms with van der Waals surface area (Å²) in [5, 5.41) is 45.9. The number of allylic oxidation sites excluding steroid dienone is 1. The zero-order chi connectivity index (χ0) is 45.5. The molecule has 0 saturated carbocycles. The molecule has 3 aliphatic rings.